The van der Waals surface area contributed by atoms with Crippen LogP contribution in [0, 0.1) is 5.82 Å². The van der Waals surface area contributed by atoms with Crippen LogP contribution in [0.1, 0.15) is 6.42 Å². The van der Waals surface area contributed by atoms with Crippen LogP contribution in [0.3, 0.4) is 0 Å². The number of aliphatic hydroxyl groups excluding tert-OH is 1. The van der Waals surface area contributed by atoms with Crippen LogP contribution in [0.2, 0.25) is 0 Å². The van der Waals surface area contributed by atoms with E-state index in [0.717, 1.165) is 42.4 Å². The minimum Gasteiger partial charge on any atom is -0.395 e. The zero-order valence-electron chi connectivity index (χ0n) is 19.5. The van der Waals surface area contributed by atoms with Gasteiger partial charge in [-0.15, -0.1) is 11.3 Å². The molecule has 0 saturated carbocycles. The van der Waals surface area contributed by atoms with Crippen LogP contribution >= 0.6 is 11.3 Å². The average molecular weight is 500 g/mol. The normalized spacial score (nSPS) is 14.2. The fraction of sp³-hybridized carbons (Fsp3) is 0.360. The number of thiazole rings is 1. The van der Waals surface area contributed by atoms with E-state index in [9.17, 15) is 9.18 Å². The number of aliphatic hydroxyl groups is 1. The van der Waals surface area contributed by atoms with Gasteiger partial charge in [-0.3, -0.25) is 0 Å². The maximum Gasteiger partial charge on any atom is 0.314 e. The van der Waals surface area contributed by atoms with Crippen molar-refractivity contribution in [3.05, 3.63) is 64.5 Å². The minimum atomic E-state index is -0.301. The predicted octanol–water partition coefficient (Wildman–Crippen LogP) is 3.11. The Morgan fingerprint density at radius 1 is 1.06 bits per heavy atom. The maximum absolute atomic E-state index is 13.3. The highest BCUT2D eigenvalue weighted by Crippen LogP contribution is 2.25. The number of rotatable bonds is 9. The molecule has 8 nitrogen and oxygen atoms in total. The first-order chi connectivity index (χ1) is 17.1. The Labute approximate surface area is 207 Å². The number of morpholine rings is 1. The number of urea groups is 1. The van der Waals surface area contributed by atoms with E-state index in [2.05, 4.69) is 49.7 Å². The molecule has 0 unspecified atom stereocenters. The predicted molar refractivity (Wildman–Crippen MR) is 136 cm³/mol. The molecule has 0 atom stereocenters. The van der Waals surface area contributed by atoms with Gasteiger partial charge in [0.25, 0.3) is 0 Å². The number of anilines is 1. The molecule has 1 aromatic heterocycles. The van der Waals surface area contributed by atoms with E-state index in [1.807, 2.05) is 0 Å². The molecular formula is C25H30FN5O3S. The van der Waals surface area contributed by atoms with Crippen molar-refractivity contribution in [1.82, 2.24) is 15.2 Å². The lowest BCUT2D eigenvalue weighted by Gasteiger charge is -2.28. The summed E-state index contributed by atoms with van der Waals surface area (Å²) in [6, 6.07) is 14.3. The second kappa shape index (κ2) is 12.5. The number of carbonyl (C=O) groups excluding carboxylic acids is 1. The molecule has 4 rings (SSSR count). The Morgan fingerprint density at radius 2 is 1.77 bits per heavy atom. The number of carbonyl (C=O) groups is 1. The topological polar surface area (TPSA) is 91.1 Å². The van der Waals surface area contributed by atoms with Crippen LogP contribution in [0.4, 0.5) is 20.6 Å². The van der Waals surface area contributed by atoms with Crippen molar-refractivity contribution in [3.63, 3.8) is 0 Å². The van der Waals surface area contributed by atoms with Crippen LogP contribution in [0.25, 0.3) is 11.3 Å². The molecule has 3 aromatic rings. The van der Waals surface area contributed by atoms with E-state index >= 15 is 0 Å². The van der Waals surface area contributed by atoms with Crippen molar-refractivity contribution in [2.24, 2.45) is 4.99 Å². The van der Waals surface area contributed by atoms with Crippen molar-refractivity contribution < 1.29 is 19.0 Å². The van der Waals surface area contributed by atoms with Gasteiger partial charge in [-0.2, -0.15) is 0 Å². The molecule has 2 aromatic carbocycles. The summed E-state index contributed by atoms with van der Waals surface area (Å²) in [7, 11) is 0. The summed E-state index contributed by atoms with van der Waals surface area (Å²) < 4.78 is 20.9. The quantitative estimate of drug-likeness (QED) is 0.395. The highest BCUT2D eigenvalue weighted by atomic mass is 32.1. The molecule has 0 spiro atoms. The van der Waals surface area contributed by atoms with Gasteiger partial charge in [0, 0.05) is 43.8 Å². The second-order valence-electron chi connectivity index (χ2n) is 8.05. The number of aromatic nitrogens is 1. The molecule has 10 heteroatoms. The number of nitrogens with zero attached hydrogens (tertiary/aromatic N) is 3. The van der Waals surface area contributed by atoms with Gasteiger partial charge in [-0.25, -0.2) is 14.2 Å². The highest BCUT2D eigenvalue weighted by Gasteiger charge is 2.13. The number of nitrogens with one attached hydrogen (secondary N) is 2. The van der Waals surface area contributed by atoms with Crippen molar-refractivity contribution in [1.29, 1.82) is 0 Å². The number of amides is 2. The van der Waals surface area contributed by atoms with E-state index in [1.54, 1.807) is 12.1 Å². The smallest absolute Gasteiger partial charge is 0.314 e. The summed E-state index contributed by atoms with van der Waals surface area (Å²) >= 11 is 1.53. The highest BCUT2D eigenvalue weighted by molar-refractivity contribution is 7.07. The molecule has 1 aliphatic rings. The van der Waals surface area contributed by atoms with Gasteiger partial charge in [0.05, 0.1) is 31.2 Å². The lowest BCUT2D eigenvalue weighted by atomic mass is 10.1. The SMILES string of the molecule is O=C(NCCO)NCCCn1c(-c2ccc(N3CCOCC3)cc2)cs/c1=N\c1ccc(F)cc1. The molecule has 1 fully saturated rings. The molecular weight excluding hydrogens is 469 g/mol. The number of ether oxygens (including phenoxy) is 1. The zero-order chi connectivity index (χ0) is 24.5. The van der Waals surface area contributed by atoms with E-state index in [-0.39, 0.29) is 25.0 Å². The van der Waals surface area contributed by atoms with E-state index in [1.165, 1.54) is 29.2 Å². The average Bonchev–Trinajstić information content (AvgIpc) is 3.29. The Bertz CT molecular complexity index is 1160. The Kier molecular flexibility index (Phi) is 8.88. The fourth-order valence-electron chi connectivity index (χ4n) is 3.83. The minimum absolute atomic E-state index is 0.0971. The molecule has 3 N–H and O–H groups in total. The van der Waals surface area contributed by atoms with Crippen LogP contribution in [0.5, 0.6) is 0 Å². The number of hydrogen-bond donors (Lipinski definition) is 3. The van der Waals surface area contributed by atoms with E-state index in [4.69, 9.17) is 14.8 Å². The lowest BCUT2D eigenvalue weighted by molar-refractivity contribution is 0.122. The molecule has 186 valence electrons. The van der Waals surface area contributed by atoms with Crippen LogP contribution in [-0.2, 0) is 11.3 Å². The monoisotopic (exact) mass is 499 g/mol. The first-order valence-electron chi connectivity index (χ1n) is 11.7. The summed E-state index contributed by atoms with van der Waals surface area (Å²) in [5.74, 6) is -0.297. The first kappa shape index (κ1) is 24.9. The summed E-state index contributed by atoms with van der Waals surface area (Å²) in [6.45, 7) is 4.50. The zero-order valence-corrected chi connectivity index (χ0v) is 20.3. The van der Waals surface area contributed by atoms with Gasteiger partial charge < -0.3 is 29.9 Å². The standard InChI is InChI=1S/C25H30FN5O3S/c26-20-4-6-21(7-5-20)29-25-31(12-1-10-27-24(33)28-11-15-32)23(18-35-25)19-2-8-22(9-3-19)30-13-16-34-17-14-30/h2-9,18,32H,1,10-17H2,(H2,27,28,33)/b29-25-. The van der Waals surface area contributed by atoms with Crippen LogP contribution in [0.15, 0.2) is 58.9 Å². The Balaban J connectivity index is 1.54. The number of hydrogen-bond acceptors (Lipinski definition) is 6. The fourth-order valence-corrected chi connectivity index (χ4v) is 4.78. The van der Waals surface area contributed by atoms with Gasteiger partial charge in [0.15, 0.2) is 4.80 Å². The molecule has 0 aliphatic carbocycles. The van der Waals surface area contributed by atoms with Gasteiger partial charge in [-0.1, -0.05) is 12.1 Å². The molecule has 2 heterocycles. The van der Waals surface area contributed by atoms with Gasteiger partial charge in [0.1, 0.15) is 5.82 Å². The third-order valence-corrected chi connectivity index (χ3v) is 6.49. The molecule has 35 heavy (non-hydrogen) atoms. The van der Waals surface area contributed by atoms with Gasteiger partial charge >= 0.3 is 6.03 Å². The largest absolute Gasteiger partial charge is 0.395 e. The summed E-state index contributed by atoms with van der Waals surface area (Å²) in [5, 5.41) is 16.3. The molecule has 0 radical (unpaired) electrons. The lowest BCUT2D eigenvalue weighted by Crippen LogP contribution is -2.37. The second-order valence-corrected chi connectivity index (χ2v) is 8.89. The third kappa shape index (κ3) is 6.91. The molecule has 1 saturated heterocycles. The molecule has 0 bridgehead atoms. The number of halogens is 1. The third-order valence-electron chi connectivity index (χ3n) is 5.63. The van der Waals surface area contributed by atoms with Crippen molar-refractivity contribution in [2.75, 3.05) is 50.9 Å². The van der Waals surface area contributed by atoms with Crippen LogP contribution < -0.4 is 20.3 Å². The van der Waals surface area contributed by atoms with Gasteiger partial charge in [0.2, 0.25) is 0 Å². The Morgan fingerprint density at radius 3 is 2.49 bits per heavy atom. The Hall–Kier alpha value is -3.21. The van der Waals surface area contributed by atoms with Crippen molar-refractivity contribution in [3.8, 4) is 11.3 Å². The number of benzene rings is 2. The maximum atomic E-state index is 13.3. The van der Waals surface area contributed by atoms with E-state index in [0.29, 0.717) is 25.2 Å². The molecule has 2 amide bonds. The van der Waals surface area contributed by atoms with Gasteiger partial charge in [-0.05, 0) is 48.4 Å². The van der Waals surface area contributed by atoms with Crippen LogP contribution in [-0.4, -0.2) is 61.7 Å². The first-order valence-corrected chi connectivity index (χ1v) is 12.6. The van der Waals surface area contributed by atoms with E-state index < -0.39 is 0 Å². The van der Waals surface area contributed by atoms with Crippen molar-refractivity contribution >= 4 is 28.7 Å². The molecule has 1 aliphatic heterocycles. The van der Waals surface area contributed by atoms with Crippen molar-refractivity contribution in [2.45, 2.75) is 13.0 Å². The summed E-state index contributed by atoms with van der Waals surface area (Å²) in [5.41, 5.74) is 3.97. The summed E-state index contributed by atoms with van der Waals surface area (Å²) in [6.07, 6.45) is 0.693. The summed E-state index contributed by atoms with van der Waals surface area (Å²) in [4.78, 5) is 19.6.